The maximum absolute atomic E-state index is 13.5. The summed E-state index contributed by atoms with van der Waals surface area (Å²) >= 11 is 0. The zero-order valence-corrected chi connectivity index (χ0v) is 19.2. The number of esters is 1. The number of carbonyl (C=O) groups excluding carboxylic acids is 1. The first kappa shape index (κ1) is 22.9. The van der Waals surface area contributed by atoms with Crippen molar-refractivity contribution < 1.29 is 18.7 Å². The standard InChI is InChI=1S/C28H26FO3S/c1-2-28(19-7-4-8-20-28)32-27(30)21-31-23-13-17-26(18-14-23)33(24-9-5-3-6-10-24)25-15-11-22(29)12-16-25/h1,3,5-6,9-18H,4,7-8,19-21H2/q+1. The van der Waals surface area contributed by atoms with Gasteiger partial charge in [0.05, 0.1) is 10.9 Å². The highest BCUT2D eigenvalue weighted by Gasteiger charge is 2.34. The Bertz CT molecular complexity index is 1100. The van der Waals surface area contributed by atoms with Gasteiger partial charge < -0.3 is 9.47 Å². The first-order chi connectivity index (χ1) is 16.1. The maximum Gasteiger partial charge on any atom is 0.345 e. The lowest BCUT2D eigenvalue weighted by Crippen LogP contribution is -2.37. The molecule has 5 heteroatoms. The molecular formula is C28H26FO3S+. The summed E-state index contributed by atoms with van der Waals surface area (Å²) in [7, 11) is -0.392. The van der Waals surface area contributed by atoms with E-state index in [0.717, 1.165) is 33.9 Å². The van der Waals surface area contributed by atoms with Crippen LogP contribution in [-0.2, 0) is 20.4 Å². The fourth-order valence-electron chi connectivity index (χ4n) is 4.00. The Morgan fingerprint density at radius 2 is 1.45 bits per heavy atom. The van der Waals surface area contributed by atoms with Gasteiger partial charge in [0.1, 0.15) is 11.6 Å². The van der Waals surface area contributed by atoms with Crippen LogP contribution in [0.5, 0.6) is 5.75 Å². The van der Waals surface area contributed by atoms with Crippen LogP contribution in [0, 0.1) is 18.2 Å². The quantitative estimate of drug-likeness (QED) is 0.239. The van der Waals surface area contributed by atoms with Crippen LogP contribution in [0.2, 0.25) is 0 Å². The van der Waals surface area contributed by atoms with E-state index in [2.05, 4.69) is 18.1 Å². The Kier molecular flexibility index (Phi) is 7.36. The molecule has 4 rings (SSSR count). The average Bonchev–Trinajstić information content (AvgIpc) is 2.86. The predicted molar refractivity (Wildman–Crippen MR) is 128 cm³/mol. The molecule has 0 amide bonds. The summed E-state index contributed by atoms with van der Waals surface area (Å²) in [5.41, 5.74) is -0.790. The van der Waals surface area contributed by atoms with Crippen molar-refractivity contribution in [3.8, 4) is 18.1 Å². The minimum atomic E-state index is -0.790. The van der Waals surface area contributed by atoms with Gasteiger partial charge in [0.2, 0.25) is 0 Å². The van der Waals surface area contributed by atoms with Crippen molar-refractivity contribution in [2.24, 2.45) is 0 Å². The highest BCUT2D eigenvalue weighted by atomic mass is 32.2. The van der Waals surface area contributed by atoms with Gasteiger partial charge in [-0.15, -0.1) is 6.42 Å². The van der Waals surface area contributed by atoms with Crippen LogP contribution in [-0.4, -0.2) is 18.2 Å². The van der Waals surface area contributed by atoms with Crippen LogP contribution in [0.3, 0.4) is 0 Å². The number of hydrogen-bond acceptors (Lipinski definition) is 3. The highest BCUT2D eigenvalue weighted by Crippen LogP contribution is 2.33. The number of rotatable bonds is 7. The van der Waals surface area contributed by atoms with Crippen molar-refractivity contribution in [3.63, 3.8) is 0 Å². The molecule has 3 aromatic carbocycles. The summed E-state index contributed by atoms with van der Waals surface area (Å²) in [5.74, 6) is 2.55. The van der Waals surface area contributed by atoms with E-state index in [4.69, 9.17) is 15.9 Å². The highest BCUT2D eigenvalue weighted by molar-refractivity contribution is 7.97. The lowest BCUT2D eigenvalue weighted by molar-refractivity contribution is -0.159. The molecule has 3 nitrogen and oxygen atoms in total. The molecular weight excluding hydrogens is 435 g/mol. The van der Waals surface area contributed by atoms with Crippen LogP contribution in [0.25, 0.3) is 0 Å². The number of terminal acetylenes is 1. The number of halogens is 1. The molecule has 0 N–H and O–H groups in total. The van der Waals surface area contributed by atoms with E-state index in [1.54, 1.807) is 0 Å². The fourth-order valence-corrected chi connectivity index (χ4v) is 6.06. The number of benzene rings is 3. The molecule has 1 fully saturated rings. The van der Waals surface area contributed by atoms with Crippen molar-refractivity contribution in [1.82, 2.24) is 0 Å². The van der Waals surface area contributed by atoms with Crippen molar-refractivity contribution in [2.75, 3.05) is 6.61 Å². The van der Waals surface area contributed by atoms with Crippen LogP contribution < -0.4 is 4.74 Å². The van der Waals surface area contributed by atoms with Crippen molar-refractivity contribution in [3.05, 3.63) is 84.7 Å². The molecule has 0 saturated heterocycles. The largest absolute Gasteiger partial charge is 0.482 e. The molecule has 1 atom stereocenters. The topological polar surface area (TPSA) is 35.5 Å². The first-order valence-corrected chi connectivity index (χ1v) is 12.3. The Balaban J connectivity index is 1.45. The van der Waals surface area contributed by atoms with Crippen molar-refractivity contribution in [1.29, 1.82) is 0 Å². The molecule has 1 aliphatic rings. The molecule has 1 unspecified atom stereocenters. The third kappa shape index (κ3) is 5.77. The summed E-state index contributed by atoms with van der Waals surface area (Å²) in [4.78, 5) is 15.6. The second kappa shape index (κ2) is 10.6. The molecule has 0 bridgehead atoms. The van der Waals surface area contributed by atoms with Gasteiger partial charge in [-0.25, -0.2) is 9.18 Å². The molecule has 0 spiro atoms. The Morgan fingerprint density at radius 1 is 0.879 bits per heavy atom. The third-order valence-corrected chi connectivity index (χ3v) is 7.91. The molecule has 0 heterocycles. The van der Waals surface area contributed by atoms with Crippen LogP contribution >= 0.6 is 0 Å². The number of ether oxygens (including phenoxy) is 2. The molecule has 0 aliphatic heterocycles. The number of hydrogen-bond donors (Lipinski definition) is 0. The first-order valence-electron chi connectivity index (χ1n) is 11.1. The molecule has 3 aromatic rings. The zero-order chi connectivity index (χ0) is 23.1. The van der Waals surface area contributed by atoms with E-state index in [9.17, 15) is 9.18 Å². The van der Waals surface area contributed by atoms with Crippen LogP contribution in [0.4, 0.5) is 4.39 Å². The summed E-state index contributed by atoms with van der Waals surface area (Å²) in [6.07, 6.45) is 10.1. The van der Waals surface area contributed by atoms with E-state index in [1.807, 2.05) is 54.6 Å². The molecule has 168 valence electrons. The summed E-state index contributed by atoms with van der Waals surface area (Å²) in [6, 6.07) is 24.3. The normalized spacial score (nSPS) is 15.8. The third-order valence-electron chi connectivity index (χ3n) is 5.68. The minimum Gasteiger partial charge on any atom is -0.482 e. The molecule has 1 saturated carbocycles. The Hall–Kier alpha value is -3.23. The van der Waals surface area contributed by atoms with Gasteiger partial charge in [-0.05, 0) is 86.3 Å². The molecule has 33 heavy (non-hydrogen) atoms. The van der Waals surface area contributed by atoms with Crippen LogP contribution in [0.1, 0.15) is 32.1 Å². The second-order valence-electron chi connectivity index (χ2n) is 8.01. The molecule has 0 aromatic heterocycles. The van der Waals surface area contributed by atoms with E-state index < -0.39 is 22.5 Å². The van der Waals surface area contributed by atoms with E-state index >= 15 is 0 Å². The SMILES string of the molecule is C#CC1(OC(=O)COc2ccc([S+](c3ccccc3)c3ccc(F)cc3)cc2)CCCCC1. The summed E-state index contributed by atoms with van der Waals surface area (Å²) < 4.78 is 24.8. The summed E-state index contributed by atoms with van der Waals surface area (Å²) in [6.45, 7) is -0.189. The minimum absolute atomic E-state index is 0.189. The smallest absolute Gasteiger partial charge is 0.345 e. The zero-order valence-electron chi connectivity index (χ0n) is 18.3. The van der Waals surface area contributed by atoms with Gasteiger partial charge in [-0.2, -0.15) is 0 Å². The van der Waals surface area contributed by atoms with E-state index in [0.29, 0.717) is 18.6 Å². The average molecular weight is 462 g/mol. The fraction of sp³-hybridized carbons (Fsp3) is 0.250. The maximum atomic E-state index is 13.5. The van der Waals surface area contributed by atoms with Gasteiger partial charge in [-0.1, -0.05) is 30.5 Å². The van der Waals surface area contributed by atoms with E-state index in [1.165, 1.54) is 12.1 Å². The lowest BCUT2D eigenvalue weighted by atomic mass is 9.85. The van der Waals surface area contributed by atoms with Gasteiger partial charge in [0.25, 0.3) is 0 Å². The van der Waals surface area contributed by atoms with Crippen molar-refractivity contribution in [2.45, 2.75) is 52.4 Å². The lowest BCUT2D eigenvalue weighted by Gasteiger charge is -2.31. The van der Waals surface area contributed by atoms with Gasteiger partial charge >= 0.3 is 5.97 Å². The van der Waals surface area contributed by atoms with E-state index in [-0.39, 0.29) is 12.4 Å². The predicted octanol–water partition coefficient (Wildman–Crippen LogP) is 6.18. The van der Waals surface area contributed by atoms with Crippen LogP contribution in [0.15, 0.2) is 93.5 Å². The Labute approximate surface area is 197 Å². The second-order valence-corrected chi connectivity index (χ2v) is 10.0. The molecule has 1 aliphatic carbocycles. The molecule has 0 radical (unpaired) electrons. The Morgan fingerprint density at radius 3 is 2.06 bits per heavy atom. The van der Waals surface area contributed by atoms with Crippen molar-refractivity contribution >= 4 is 16.9 Å². The van der Waals surface area contributed by atoms with Gasteiger partial charge in [0.15, 0.2) is 26.9 Å². The van der Waals surface area contributed by atoms with Gasteiger partial charge in [-0.3, -0.25) is 0 Å². The number of carbonyl (C=O) groups is 1. The summed E-state index contributed by atoms with van der Waals surface area (Å²) in [5, 5.41) is 0. The monoisotopic (exact) mass is 461 g/mol. The van der Waals surface area contributed by atoms with Gasteiger partial charge in [0, 0.05) is 0 Å².